The van der Waals surface area contributed by atoms with Crippen molar-refractivity contribution in [1.29, 1.82) is 0 Å². The van der Waals surface area contributed by atoms with Crippen molar-refractivity contribution in [2.75, 3.05) is 13.2 Å². The molecule has 4 rings (SSSR count). The van der Waals surface area contributed by atoms with Gasteiger partial charge in [0.25, 0.3) is 5.91 Å². The van der Waals surface area contributed by atoms with Crippen molar-refractivity contribution in [1.82, 2.24) is 10.2 Å². The molecule has 0 aromatic heterocycles. The van der Waals surface area contributed by atoms with Gasteiger partial charge in [-0.3, -0.25) is 9.69 Å². The van der Waals surface area contributed by atoms with Crippen molar-refractivity contribution >= 4 is 11.9 Å². The topological polar surface area (TPSA) is 78.9 Å². The number of fused-ring (bicyclic) bond motifs is 1. The number of hydrogen-bond donors (Lipinski definition) is 2. The van der Waals surface area contributed by atoms with E-state index >= 15 is 0 Å². The van der Waals surface area contributed by atoms with Crippen molar-refractivity contribution in [2.45, 2.75) is 77.0 Å². The molecule has 30 heavy (non-hydrogen) atoms. The van der Waals surface area contributed by atoms with Gasteiger partial charge in [-0.15, -0.1) is 0 Å². The molecule has 1 aromatic rings. The quantitative estimate of drug-likeness (QED) is 0.722. The van der Waals surface area contributed by atoms with Crippen molar-refractivity contribution in [3.8, 4) is 0 Å². The summed E-state index contributed by atoms with van der Waals surface area (Å²) in [5.41, 5.74) is 1.64. The lowest BCUT2D eigenvalue weighted by molar-refractivity contribution is -0.136. The fraction of sp³-hybridized carbons (Fsp3) is 0.667. The zero-order valence-electron chi connectivity index (χ0n) is 18.3. The minimum absolute atomic E-state index is 0.00723. The predicted molar refractivity (Wildman–Crippen MR) is 114 cm³/mol. The summed E-state index contributed by atoms with van der Waals surface area (Å²) in [6.07, 6.45) is 4.41. The van der Waals surface area contributed by atoms with Gasteiger partial charge in [0.1, 0.15) is 5.54 Å². The molecule has 6 nitrogen and oxygen atoms in total. The molecular weight excluding hydrogens is 380 g/mol. The molecule has 2 N–H and O–H groups in total. The Bertz CT molecular complexity index is 823. The second-order valence-corrected chi connectivity index (χ2v) is 10.3. The van der Waals surface area contributed by atoms with Crippen LogP contribution in [0.5, 0.6) is 0 Å². The highest BCUT2D eigenvalue weighted by Gasteiger charge is 2.56. The van der Waals surface area contributed by atoms with E-state index in [0.717, 1.165) is 25.7 Å². The Morgan fingerprint density at radius 1 is 1.27 bits per heavy atom. The maximum Gasteiger partial charge on any atom is 0.325 e. The van der Waals surface area contributed by atoms with Crippen molar-refractivity contribution in [3.63, 3.8) is 0 Å². The number of aliphatic hydroxyl groups excluding tert-OH is 1. The Hall–Kier alpha value is -1.92. The number of aryl methyl sites for hydroxylation is 1. The van der Waals surface area contributed by atoms with Gasteiger partial charge in [-0.05, 0) is 61.0 Å². The molecule has 3 amide bonds. The summed E-state index contributed by atoms with van der Waals surface area (Å²) in [5, 5.41) is 13.5. The Morgan fingerprint density at radius 2 is 2.03 bits per heavy atom. The van der Waals surface area contributed by atoms with Gasteiger partial charge < -0.3 is 15.2 Å². The standard InChI is InChI=1S/C24H34N2O4/c1-16-11-23(2,3)15-24(12-16)21(28)26(22(29)25-24)13-18(27)14-30-20-10-6-8-17-7-4-5-9-19(17)20/h4-5,7,9,16,18,20,27H,6,8,10-15H2,1-3H3,(H,25,29)/t16-,18+,20-,24+/m1/s1. The maximum absolute atomic E-state index is 13.2. The number of aliphatic hydroxyl groups is 1. The Morgan fingerprint density at radius 3 is 2.80 bits per heavy atom. The van der Waals surface area contributed by atoms with E-state index in [-0.39, 0.29) is 30.6 Å². The van der Waals surface area contributed by atoms with Gasteiger partial charge >= 0.3 is 6.03 Å². The Labute approximate surface area is 179 Å². The number of benzene rings is 1. The summed E-state index contributed by atoms with van der Waals surface area (Å²) in [6, 6.07) is 7.86. The zero-order valence-corrected chi connectivity index (χ0v) is 18.3. The first-order chi connectivity index (χ1) is 14.2. The lowest BCUT2D eigenvalue weighted by Gasteiger charge is -2.43. The SMILES string of the molecule is C[C@@H]1CC(C)(C)C[C@]2(C1)NC(=O)N(C[C@H](O)CO[C@@H]1CCCc3ccccc31)C2=O. The van der Waals surface area contributed by atoms with Crippen LogP contribution >= 0.6 is 0 Å². The minimum atomic E-state index is -0.905. The summed E-state index contributed by atoms with van der Waals surface area (Å²) >= 11 is 0. The van der Waals surface area contributed by atoms with Gasteiger partial charge in [0.15, 0.2) is 0 Å². The second-order valence-electron chi connectivity index (χ2n) is 10.3. The number of carbonyl (C=O) groups is 2. The smallest absolute Gasteiger partial charge is 0.325 e. The van der Waals surface area contributed by atoms with Crippen LogP contribution in [0.2, 0.25) is 0 Å². The van der Waals surface area contributed by atoms with Crippen molar-refractivity contribution in [2.24, 2.45) is 11.3 Å². The van der Waals surface area contributed by atoms with E-state index in [4.69, 9.17) is 4.74 Å². The van der Waals surface area contributed by atoms with E-state index in [1.807, 2.05) is 12.1 Å². The predicted octanol–water partition coefficient (Wildman–Crippen LogP) is 3.58. The fourth-order valence-electron chi connectivity index (χ4n) is 6.04. The number of nitrogens with zero attached hydrogens (tertiary/aromatic N) is 1. The number of β-amino-alcohol motifs (C(OH)–C–C–N with tert-alkyl or cyclic N) is 1. The largest absolute Gasteiger partial charge is 0.389 e. The molecule has 1 aliphatic heterocycles. The van der Waals surface area contributed by atoms with Crippen LogP contribution in [0.25, 0.3) is 0 Å². The van der Waals surface area contributed by atoms with Crippen LogP contribution in [0.15, 0.2) is 24.3 Å². The number of hydrogen-bond acceptors (Lipinski definition) is 4. The summed E-state index contributed by atoms with van der Waals surface area (Å²) in [7, 11) is 0. The van der Waals surface area contributed by atoms with E-state index in [9.17, 15) is 14.7 Å². The highest BCUT2D eigenvalue weighted by molar-refractivity contribution is 6.07. The van der Waals surface area contributed by atoms with E-state index in [2.05, 4.69) is 38.2 Å². The van der Waals surface area contributed by atoms with Gasteiger partial charge in [-0.2, -0.15) is 0 Å². The first-order valence-electron chi connectivity index (χ1n) is 11.2. The van der Waals surface area contributed by atoms with Crippen molar-refractivity contribution < 1.29 is 19.4 Å². The zero-order chi connectivity index (χ0) is 21.5. The molecule has 1 aromatic carbocycles. The molecule has 4 atom stereocenters. The van der Waals surface area contributed by atoms with Crippen LogP contribution in [0.4, 0.5) is 4.79 Å². The van der Waals surface area contributed by atoms with Crippen LogP contribution in [0.1, 0.15) is 70.1 Å². The Balaban J connectivity index is 1.38. The first-order valence-corrected chi connectivity index (χ1v) is 11.2. The van der Waals surface area contributed by atoms with Gasteiger partial charge in [-0.25, -0.2) is 4.79 Å². The van der Waals surface area contributed by atoms with Crippen LogP contribution in [0.3, 0.4) is 0 Å². The molecule has 6 heteroatoms. The normalized spacial score (nSPS) is 31.5. The molecule has 164 valence electrons. The average Bonchev–Trinajstić information content (AvgIpc) is 2.88. The molecule has 1 spiro atoms. The third kappa shape index (κ3) is 4.12. The van der Waals surface area contributed by atoms with Crippen molar-refractivity contribution in [3.05, 3.63) is 35.4 Å². The molecule has 0 radical (unpaired) electrons. The summed E-state index contributed by atoms with van der Waals surface area (Å²) < 4.78 is 6.02. The number of rotatable bonds is 5. The molecule has 1 saturated carbocycles. The summed E-state index contributed by atoms with van der Waals surface area (Å²) in [6.45, 7) is 6.50. The lowest BCUT2D eigenvalue weighted by Crippen LogP contribution is -2.54. The number of imide groups is 1. The number of urea groups is 1. The van der Waals surface area contributed by atoms with Gasteiger partial charge in [0.05, 0.1) is 25.4 Å². The molecular formula is C24H34N2O4. The lowest BCUT2D eigenvalue weighted by atomic mass is 9.64. The highest BCUT2D eigenvalue weighted by Crippen LogP contribution is 2.46. The van der Waals surface area contributed by atoms with Crippen LogP contribution in [0, 0.1) is 11.3 Å². The van der Waals surface area contributed by atoms with Gasteiger partial charge in [-0.1, -0.05) is 45.0 Å². The monoisotopic (exact) mass is 414 g/mol. The fourth-order valence-corrected chi connectivity index (χ4v) is 6.04. The third-order valence-corrected chi connectivity index (χ3v) is 6.82. The molecule has 2 fully saturated rings. The molecule has 1 saturated heterocycles. The number of nitrogens with one attached hydrogen (secondary N) is 1. The molecule has 2 aliphatic carbocycles. The van der Waals surface area contributed by atoms with Crippen LogP contribution in [-0.4, -0.2) is 46.7 Å². The first kappa shape index (κ1) is 21.3. The van der Waals surface area contributed by atoms with Gasteiger partial charge in [0.2, 0.25) is 0 Å². The molecule has 0 bridgehead atoms. The van der Waals surface area contributed by atoms with Crippen LogP contribution in [-0.2, 0) is 16.0 Å². The maximum atomic E-state index is 13.2. The Kier molecular flexibility index (Phi) is 5.66. The van der Waals surface area contributed by atoms with Gasteiger partial charge in [0, 0.05) is 0 Å². The van der Waals surface area contributed by atoms with E-state index in [1.54, 1.807) is 0 Å². The summed E-state index contributed by atoms with van der Waals surface area (Å²) in [5.74, 6) is 0.159. The molecule has 0 unspecified atom stereocenters. The molecule has 3 aliphatic rings. The van der Waals surface area contributed by atoms with Crippen LogP contribution < -0.4 is 5.32 Å². The van der Waals surface area contributed by atoms with E-state index in [1.165, 1.54) is 16.0 Å². The van der Waals surface area contributed by atoms with E-state index in [0.29, 0.717) is 18.8 Å². The number of ether oxygens (including phenoxy) is 1. The highest BCUT2D eigenvalue weighted by atomic mass is 16.5. The average molecular weight is 415 g/mol. The molecule has 1 heterocycles. The van der Waals surface area contributed by atoms with E-state index < -0.39 is 17.7 Å². The minimum Gasteiger partial charge on any atom is -0.389 e. The summed E-state index contributed by atoms with van der Waals surface area (Å²) in [4.78, 5) is 27.0. The second kappa shape index (κ2) is 7.97. The number of amides is 3. The third-order valence-electron chi connectivity index (χ3n) is 6.82. The number of carbonyl (C=O) groups excluding carboxylic acids is 2.